The van der Waals surface area contributed by atoms with Gasteiger partial charge in [-0.3, -0.25) is 0 Å². The first kappa shape index (κ1) is 57.7. The van der Waals surface area contributed by atoms with E-state index in [-0.39, 0.29) is 60.6 Å². The average molecular weight is 1160 g/mol. The number of nitrogens with zero attached hydrogens (tertiary/aromatic N) is 2. The molecule has 26 heteroatoms. The van der Waals surface area contributed by atoms with Crippen molar-refractivity contribution in [3.05, 3.63) is 11.1 Å². The highest BCUT2D eigenvalue weighted by Gasteiger charge is 2.65. The van der Waals surface area contributed by atoms with Crippen molar-refractivity contribution in [3.63, 3.8) is 0 Å². The van der Waals surface area contributed by atoms with Gasteiger partial charge in [0, 0.05) is 0 Å². The molecule has 0 radical (unpaired) electrons. The van der Waals surface area contributed by atoms with E-state index < -0.39 is 169 Å². The van der Waals surface area contributed by atoms with Gasteiger partial charge in [0.05, 0.1) is 0 Å². The number of hydrogen-bond acceptors (Lipinski definition) is 26. The van der Waals surface area contributed by atoms with E-state index in [1.165, 1.54) is 0 Å². The summed E-state index contributed by atoms with van der Waals surface area (Å²) in [5, 5.41) is 22.8. The maximum absolute atomic E-state index is 11.4. The monoisotopic (exact) mass is 1160 g/mol. The molecule has 12 heterocycles. The first-order valence-electron chi connectivity index (χ1n) is 28.3. The van der Waals surface area contributed by atoms with Crippen LogP contribution >= 0.6 is 0 Å². The molecular weight excluding hydrogens is 1080 g/mol. The van der Waals surface area contributed by atoms with Crippen molar-refractivity contribution in [2.45, 2.75) is 280 Å². The molecule has 26 nitrogen and oxygen atoms in total. The summed E-state index contributed by atoms with van der Waals surface area (Å²) in [5.74, 6) is -9.14. The lowest BCUT2D eigenvalue weighted by Crippen LogP contribution is -2.57. The summed E-state index contributed by atoms with van der Waals surface area (Å²) in [5.41, 5.74) is -0.561. The van der Waals surface area contributed by atoms with Crippen LogP contribution in [0.25, 0.3) is 0 Å². The summed E-state index contributed by atoms with van der Waals surface area (Å²) in [4.78, 5) is 0. The molecule has 0 aromatic heterocycles. The molecule has 0 N–H and O–H groups in total. The van der Waals surface area contributed by atoms with Gasteiger partial charge in [0.2, 0.25) is 11.5 Å². The maximum atomic E-state index is 11.4. The largest absolute Gasteiger partial charge is 0.485 e. The van der Waals surface area contributed by atoms with Crippen LogP contribution in [-0.2, 0) is 94.7 Å². The van der Waals surface area contributed by atoms with Gasteiger partial charge in [0.25, 0.3) is 0 Å². The maximum Gasteiger partial charge on any atom is 0.209 e. The first-order chi connectivity index (χ1) is 38.3. The predicted octanol–water partition coefficient (Wildman–Crippen LogP) is 4.53. The quantitative estimate of drug-likeness (QED) is 0.278. The van der Waals surface area contributed by atoms with Gasteiger partial charge in [-0.1, -0.05) is 0 Å². The van der Waals surface area contributed by atoms with Crippen LogP contribution in [0.2, 0.25) is 0 Å². The molecule has 0 aliphatic carbocycles. The molecule has 0 saturated carbocycles. The van der Waals surface area contributed by atoms with Crippen molar-refractivity contribution in [2.24, 2.45) is 0 Å². The van der Waals surface area contributed by atoms with E-state index in [0.717, 1.165) is 0 Å². The third-order valence-corrected chi connectivity index (χ3v) is 16.1. The van der Waals surface area contributed by atoms with Crippen molar-refractivity contribution in [2.75, 3.05) is 26.4 Å². The fourth-order valence-corrected chi connectivity index (χ4v) is 13.4. The van der Waals surface area contributed by atoms with Gasteiger partial charge in [-0.15, -0.1) is 0 Å². The fraction of sp³-hybridized carbons (Fsp3) is 0.857. The van der Waals surface area contributed by atoms with E-state index in [2.05, 4.69) is 12.1 Å². The molecule has 1 aromatic carbocycles. The lowest BCUT2D eigenvalue weighted by Gasteiger charge is -2.38. The SMILES string of the molecule is CC1(C)O[C@H]2[C@@H](O1)[C@@H](COc1c(C#N)c(C#N)c(OC[C@H]3O[C@@H]4OC(C)(C)O[C@@H]4[C@H]4OC(C)(C)O[C@H]43)c(OC[C@H]3O[C@@H]4OC(C)(C)O[C@@H]4[C@H]4OC(C)(C)O[C@H]43)c1OC[C@H]1O[C@@H]3OC(C)(C)O[C@@H]3[C@H]3OC(C)(C)O[C@H]31)O[C@@H]1OC(C)(C)O[C@@H]12. The van der Waals surface area contributed by atoms with E-state index in [1.807, 2.05) is 0 Å². The normalized spacial score (nSPS) is 44.6. The zero-order valence-corrected chi connectivity index (χ0v) is 49.1. The van der Waals surface area contributed by atoms with E-state index in [9.17, 15) is 10.5 Å². The second-order valence-electron chi connectivity index (χ2n) is 26.4. The molecule has 0 amide bonds. The highest BCUT2D eigenvalue weighted by molar-refractivity contribution is 5.73. The highest BCUT2D eigenvalue weighted by atomic mass is 16.9. The Morgan fingerprint density at radius 2 is 0.451 bits per heavy atom. The molecule has 1 aromatic rings. The van der Waals surface area contributed by atoms with Crippen LogP contribution in [0.4, 0.5) is 0 Å². The molecule has 20 atom stereocenters. The van der Waals surface area contributed by atoms with Crippen molar-refractivity contribution >= 4 is 0 Å². The molecule has 12 aliphatic heterocycles. The highest BCUT2D eigenvalue weighted by Crippen LogP contribution is 2.54. The summed E-state index contributed by atoms with van der Waals surface area (Å²) in [6.07, 6.45) is -15.5. The van der Waals surface area contributed by atoms with Gasteiger partial charge in [-0.2, -0.15) is 10.5 Å². The van der Waals surface area contributed by atoms with Crippen molar-refractivity contribution in [3.8, 4) is 35.1 Å². The van der Waals surface area contributed by atoms with Crippen LogP contribution in [0, 0.1) is 22.7 Å². The van der Waals surface area contributed by atoms with Crippen LogP contribution < -0.4 is 18.9 Å². The van der Waals surface area contributed by atoms with Gasteiger partial charge in [0.1, 0.15) is 147 Å². The van der Waals surface area contributed by atoms with Crippen LogP contribution in [0.5, 0.6) is 23.0 Å². The molecule has 12 fully saturated rings. The topological polar surface area (TPSA) is 269 Å². The number of rotatable bonds is 12. The predicted molar refractivity (Wildman–Crippen MR) is 268 cm³/mol. The van der Waals surface area contributed by atoms with Gasteiger partial charge < -0.3 is 114 Å². The molecule has 82 heavy (non-hydrogen) atoms. The lowest BCUT2D eigenvalue weighted by molar-refractivity contribution is -0.240. The lowest BCUT2D eigenvalue weighted by atomic mass is 9.98. The van der Waals surface area contributed by atoms with E-state index >= 15 is 0 Å². The minimum Gasteiger partial charge on any atom is -0.485 e. The molecule has 0 spiro atoms. The van der Waals surface area contributed by atoms with Crippen LogP contribution in [0.3, 0.4) is 0 Å². The Morgan fingerprint density at radius 3 is 0.671 bits per heavy atom. The Balaban J connectivity index is 0.909. The molecule has 12 saturated heterocycles. The Morgan fingerprint density at radius 1 is 0.268 bits per heavy atom. The molecule has 0 unspecified atom stereocenters. The van der Waals surface area contributed by atoms with Crippen molar-refractivity contribution in [1.29, 1.82) is 10.5 Å². The molecule has 0 bridgehead atoms. The number of hydrogen-bond donors (Lipinski definition) is 0. The third kappa shape index (κ3) is 10.5. The summed E-state index contributed by atoms with van der Waals surface area (Å²) in [6.45, 7) is 27.4. The van der Waals surface area contributed by atoms with Crippen molar-refractivity contribution < 1.29 is 114 Å². The summed E-state index contributed by atoms with van der Waals surface area (Å²) in [7, 11) is 0. The van der Waals surface area contributed by atoms with E-state index in [0.29, 0.717) is 0 Å². The zero-order chi connectivity index (χ0) is 58.2. The molecule has 13 rings (SSSR count). The first-order valence-corrected chi connectivity index (χ1v) is 28.3. The molecule has 12 aliphatic rings. The van der Waals surface area contributed by atoms with Gasteiger partial charge in [-0.25, -0.2) is 0 Å². The minimum atomic E-state index is -1.07. The van der Waals surface area contributed by atoms with Crippen molar-refractivity contribution in [1.82, 2.24) is 0 Å². The Hall–Kier alpha value is -3.40. The standard InChI is InChI=1S/C56H76N2O24/c1-49(2)67-31-25(63-45-41(37(31)71-49)75-53(9,10)79-45)19-59-29-23(17-57)24(18-58)30(60-20-26-32-38(72-50(3,4)68-32)42-46(64-26)80-54(11,12)76-42)36(62-22-28-34-40(74-52(7,8)70-34)44-48(66-28)82-56(15,16)78-44)35(29)61-21-27-33-39(73-51(5,6)69-33)43-47(65-27)81-55(13,14)77-43/h25-28,31-34,37-48H,19-22H2,1-16H3/t25-,26-,27-,28-,31+,32+,33+,34+,37+,38+,39+,40+,41-,42-,43-,44-,45-,46-,47-,48-/m1/s1. The zero-order valence-electron chi connectivity index (χ0n) is 49.1. The van der Waals surface area contributed by atoms with E-state index in [4.69, 9.17) is 114 Å². The van der Waals surface area contributed by atoms with Gasteiger partial charge >= 0.3 is 0 Å². The van der Waals surface area contributed by atoms with Crippen LogP contribution in [0.15, 0.2) is 0 Å². The molecular formula is C56H76N2O24. The Labute approximate surface area is 475 Å². The van der Waals surface area contributed by atoms with Crippen LogP contribution in [-0.4, -0.2) is 196 Å². The number of nitriles is 2. The van der Waals surface area contributed by atoms with Gasteiger partial charge in [-0.05, 0) is 111 Å². The second-order valence-corrected chi connectivity index (χ2v) is 26.4. The second kappa shape index (κ2) is 19.6. The Bertz CT molecular complexity index is 2560. The summed E-state index contributed by atoms with van der Waals surface area (Å²) in [6, 6.07) is 4.45. The number of benzene rings is 1. The Kier molecular flexibility index (Phi) is 13.7. The molecule has 454 valence electrons. The summed E-state index contributed by atoms with van der Waals surface area (Å²) >= 11 is 0. The minimum absolute atomic E-state index is 0.181. The summed E-state index contributed by atoms with van der Waals surface area (Å²) < 4.78 is 156. The van der Waals surface area contributed by atoms with Gasteiger partial charge in [0.15, 0.2) is 83.0 Å². The fourth-order valence-electron chi connectivity index (χ4n) is 13.4. The van der Waals surface area contributed by atoms with Crippen LogP contribution in [0.1, 0.15) is 122 Å². The third-order valence-electron chi connectivity index (χ3n) is 16.1. The number of fused-ring (bicyclic) bond motifs is 12. The smallest absolute Gasteiger partial charge is 0.209 e. The van der Waals surface area contributed by atoms with E-state index in [1.54, 1.807) is 111 Å². The number of ether oxygens (including phenoxy) is 24. The average Bonchev–Trinajstić information content (AvgIpc) is 2.42.